The van der Waals surface area contributed by atoms with Crippen molar-refractivity contribution in [2.24, 2.45) is 0 Å². The van der Waals surface area contributed by atoms with Crippen LogP contribution >= 0.6 is 0 Å². The fourth-order valence-electron chi connectivity index (χ4n) is 3.40. The number of nitriles is 1. The van der Waals surface area contributed by atoms with E-state index in [4.69, 9.17) is 5.26 Å². The molecule has 3 nitrogen and oxygen atoms in total. The van der Waals surface area contributed by atoms with Gasteiger partial charge in [-0.15, -0.1) is 0 Å². The van der Waals surface area contributed by atoms with E-state index in [2.05, 4.69) is 33.8 Å². The fourth-order valence-corrected chi connectivity index (χ4v) is 3.40. The molecule has 4 aromatic rings. The Hall–Kier alpha value is -3.97. The molecule has 0 aliphatic rings. The molecule has 30 heavy (non-hydrogen) atoms. The highest BCUT2D eigenvalue weighted by Gasteiger charge is 2.08. The molecule has 0 N–H and O–H groups in total. The molecule has 146 valence electrons. The van der Waals surface area contributed by atoms with Crippen LogP contribution in [0.1, 0.15) is 27.9 Å². The first-order valence-electron chi connectivity index (χ1n) is 9.72. The second-order valence-corrected chi connectivity index (χ2v) is 7.02. The first-order chi connectivity index (χ1) is 14.7. The van der Waals surface area contributed by atoms with E-state index in [1.54, 1.807) is 24.3 Å². The Bertz CT molecular complexity index is 1180. The number of rotatable bonds is 6. The zero-order valence-corrected chi connectivity index (χ0v) is 16.4. The third-order valence-electron chi connectivity index (χ3n) is 4.99. The molecule has 0 atom stereocenters. The third kappa shape index (κ3) is 4.53. The van der Waals surface area contributed by atoms with Crippen molar-refractivity contribution in [3.8, 4) is 6.07 Å². The average Bonchev–Trinajstić information content (AvgIpc) is 3.23. The van der Waals surface area contributed by atoms with Crippen molar-refractivity contribution in [2.45, 2.75) is 13.0 Å². The lowest BCUT2D eigenvalue weighted by atomic mass is 9.96. The zero-order chi connectivity index (χ0) is 20.8. The number of hydrogen-bond acceptors (Lipinski definition) is 2. The first kappa shape index (κ1) is 19.4. The maximum Gasteiger partial charge on any atom is 0.123 e. The van der Waals surface area contributed by atoms with Gasteiger partial charge in [-0.05, 0) is 46.5 Å². The minimum atomic E-state index is -0.265. The lowest BCUT2D eigenvalue weighted by molar-refractivity contribution is 0.627. The minimum Gasteiger partial charge on any atom is -0.330 e. The van der Waals surface area contributed by atoms with Crippen LogP contribution < -0.4 is 0 Å². The molecule has 0 saturated heterocycles. The van der Waals surface area contributed by atoms with E-state index in [9.17, 15) is 4.39 Å². The molecule has 0 aliphatic heterocycles. The number of imidazole rings is 1. The standard InChI is InChI=1S/C26H20FN3/c27-24-12-10-23(11-13-24)26(22-8-6-20(16-28)7-9-22)15-14-25-17-29-19-30(25)18-21-4-2-1-3-5-21/h1-13,15,17,19H,14,18H2. The Kier molecular flexibility index (Phi) is 5.82. The van der Waals surface area contributed by atoms with Crippen LogP contribution in [-0.2, 0) is 13.0 Å². The Morgan fingerprint density at radius 3 is 2.27 bits per heavy atom. The normalized spacial score (nSPS) is 11.3. The summed E-state index contributed by atoms with van der Waals surface area (Å²) in [5.41, 5.74) is 5.81. The molecule has 1 heterocycles. The lowest BCUT2D eigenvalue weighted by Crippen LogP contribution is -2.03. The quantitative estimate of drug-likeness (QED) is 0.427. The predicted octanol–water partition coefficient (Wildman–Crippen LogP) is 5.62. The van der Waals surface area contributed by atoms with Crippen molar-refractivity contribution in [2.75, 3.05) is 0 Å². The maximum absolute atomic E-state index is 13.5. The SMILES string of the molecule is N#Cc1ccc(C(=CCc2cncn2Cc2ccccc2)c2ccc(F)cc2)cc1. The summed E-state index contributed by atoms with van der Waals surface area (Å²) in [6, 6.07) is 26.3. The summed E-state index contributed by atoms with van der Waals surface area (Å²) in [5, 5.41) is 9.08. The van der Waals surface area contributed by atoms with Gasteiger partial charge in [-0.2, -0.15) is 5.26 Å². The Morgan fingerprint density at radius 2 is 1.60 bits per heavy atom. The molecule has 1 aromatic heterocycles. The number of benzene rings is 3. The topological polar surface area (TPSA) is 41.6 Å². The summed E-state index contributed by atoms with van der Waals surface area (Å²) in [6.07, 6.45) is 6.53. The summed E-state index contributed by atoms with van der Waals surface area (Å²) < 4.78 is 15.6. The van der Waals surface area contributed by atoms with Gasteiger partial charge in [0.15, 0.2) is 0 Å². The van der Waals surface area contributed by atoms with Crippen LogP contribution in [-0.4, -0.2) is 9.55 Å². The molecule has 0 saturated carbocycles. The van der Waals surface area contributed by atoms with Gasteiger partial charge in [0.25, 0.3) is 0 Å². The summed E-state index contributed by atoms with van der Waals surface area (Å²) in [7, 11) is 0. The van der Waals surface area contributed by atoms with Gasteiger partial charge < -0.3 is 4.57 Å². The van der Waals surface area contributed by atoms with Crippen molar-refractivity contribution < 1.29 is 4.39 Å². The van der Waals surface area contributed by atoms with Gasteiger partial charge in [0.05, 0.1) is 18.0 Å². The number of nitrogens with zero attached hydrogens (tertiary/aromatic N) is 3. The van der Waals surface area contributed by atoms with Crippen molar-refractivity contribution in [1.29, 1.82) is 5.26 Å². The molecule has 0 unspecified atom stereocenters. The predicted molar refractivity (Wildman–Crippen MR) is 116 cm³/mol. The monoisotopic (exact) mass is 393 g/mol. The van der Waals surface area contributed by atoms with Gasteiger partial charge >= 0.3 is 0 Å². The Balaban J connectivity index is 1.65. The van der Waals surface area contributed by atoms with Crippen LogP contribution in [0.15, 0.2) is 97.5 Å². The van der Waals surface area contributed by atoms with Gasteiger partial charge in [0.2, 0.25) is 0 Å². The molecule has 0 spiro atoms. The van der Waals surface area contributed by atoms with E-state index in [1.807, 2.05) is 42.9 Å². The fraction of sp³-hybridized carbons (Fsp3) is 0.0769. The maximum atomic E-state index is 13.5. The van der Waals surface area contributed by atoms with Gasteiger partial charge in [-0.1, -0.05) is 60.7 Å². The van der Waals surface area contributed by atoms with Gasteiger partial charge in [-0.3, -0.25) is 0 Å². The summed E-state index contributed by atoms with van der Waals surface area (Å²) in [4.78, 5) is 4.32. The van der Waals surface area contributed by atoms with Crippen LogP contribution in [0.2, 0.25) is 0 Å². The van der Waals surface area contributed by atoms with E-state index < -0.39 is 0 Å². The van der Waals surface area contributed by atoms with Crippen LogP contribution in [0.5, 0.6) is 0 Å². The van der Waals surface area contributed by atoms with E-state index in [0.29, 0.717) is 12.0 Å². The highest BCUT2D eigenvalue weighted by atomic mass is 19.1. The van der Waals surface area contributed by atoms with E-state index in [-0.39, 0.29) is 5.82 Å². The number of halogens is 1. The zero-order valence-electron chi connectivity index (χ0n) is 16.4. The molecular formula is C26H20FN3. The molecule has 3 aromatic carbocycles. The van der Waals surface area contributed by atoms with Crippen LogP contribution in [0.25, 0.3) is 5.57 Å². The molecular weight excluding hydrogens is 373 g/mol. The van der Waals surface area contributed by atoms with Crippen molar-refractivity contribution >= 4 is 5.57 Å². The largest absolute Gasteiger partial charge is 0.330 e. The van der Waals surface area contributed by atoms with Crippen molar-refractivity contribution in [1.82, 2.24) is 9.55 Å². The minimum absolute atomic E-state index is 0.265. The van der Waals surface area contributed by atoms with E-state index in [0.717, 1.165) is 28.9 Å². The average molecular weight is 393 g/mol. The summed E-state index contributed by atoms with van der Waals surface area (Å²) >= 11 is 0. The molecule has 0 fully saturated rings. The van der Waals surface area contributed by atoms with Gasteiger partial charge in [0, 0.05) is 24.9 Å². The highest BCUT2D eigenvalue weighted by molar-refractivity contribution is 5.80. The smallest absolute Gasteiger partial charge is 0.123 e. The van der Waals surface area contributed by atoms with E-state index >= 15 is 0 Å². The first-order valence-corrected chi connectivity index (χ1v) is 9.72. The molecule has 0 amide bonds. The number of hydrogen-bond donors (Lipinski definition) is 0. The Labute approximate surface area is 175 Å². The lowest BCUT2D eigenvalue weighted by Gasteiger charge is -2.11. The van der Waals surface area contributed by atoms with Crippen LogP contribution in [0.4, 0.5) is 4.39 Å². The number of allylic oxidation sites excluding steroid dienone is 1. The molecule has 0 radical (unpaired) electrons. The highest BCUT2D eigenvalue weighted by Crippen LogP contribution is 2.25. The van der Waals surface area contributed by atoms with Gasteiger partial charge in [0.1, 0.15) is 5.82 Å². The van der Waals surface area contributed by atoms with Crippen molar-refractivity contribution in [3.05, 3.63) is 131 Å². The summed E-state index contributed by atoms with van der Waals surface area (Å²) in [6.45, 7) is 0.757. The molecule has 0 aliphatic carbocycles. The third-order valence-corrected chi connectivity index (χ3v) is 4.99. The van der Waals surface area contributed by atoms with Crippen LogP contribution in [0.3, 0.4) is 0 Å². The second-order valence-electron chi connectivity index (χ2n) is 7.02. The van der Waals surface area contributed by atoms with Crippen LogP contribution in [0, 0.1) is 17.1 Å². The van der Waals surface area contributed by atoms with E-state index in [1.165, 1.54) is 17.7 Å². The Morgan fingerprint density at radius 1 is 0.933 bits per heavy atom. The number of aromatic nitrogens is 2. The molecule has 4 rings (SSSR count). The van der Waals surface area contributed by atoms with Gasteiger partial charge in [-0.25, -0.2) is 9.37 Å². The van der Waals surface area contributed by atoms with Crippen molar-refractivity contribution in [3.63, 3.8) is 0 Å². The summed E-state index contributed by atoms with van der Waals surface area (Å²) in [5.74, 6) is -0.265. The molecule has 4 heteroatoms. The second kappa shape index (κ2) is 9.02. The molecule has 0 bridgehead atoms.